The number of benzene rings is 1. The number of aromatic nitrogens is 3. The third-order valence-electron chi connectivity index (χ3n) is 3.89. The maximum absolute atomic E-state index is 13.7. The summed E-state index contributed by atoms with van der Waals surface area (Å²) in [6.07, 6.45) is 7.30. The molecule has 0 aliphatic carbocycles. The molecule has 7 heteroatoms. The molecule has 2 heterocycles. The van der Waals surface area contributed by atoms with Gasteiger partial charge in [-0.2, -0.15) is 0 Å². The Morgan fingerprint density at radius 3 is 2.81 bits per heavy atom. The number of carbonyl (C=O) groups is 1. The van der Waals surface area contributed by atoms with E-state index in [4.69, 9.17) is 0 Å². The molecule has 2 N–H and O–H groups in total. The summed E-state index contributed by atoms with van der Waals surface area (Å²) in [4.78, 5) is 20.3. The molecule has 134 valence electrons. The molecule has 3 rings (SSSR count). The smallest absolute Gasteiger partial charge is 0.315 e. The SMILES string of the molecule is CC(Cc1ccccc1F)NC(=O)NCc1ccc(-n2ccnc2)nc1. The number of hydrogen-bond donors (Lipinski definition) is 2. The average molecular weight is 353 g/mol. The molecule has 0 saturated carbocycles. The standard InChI is InChI=1S/C19H20FN5O/c1-14(10-16-4-2-3-5-17(16)20)24-19(26)23-12-15-6-7-18(22-11-15)25-9-8-21-13-25/h2-9,11,13-14H,10,12H2,1H3,(H2,23,24,26). The Hall–Kier alpha value is -3.22. The minimum absolute atomic E-state index is 0.186. The number of halogens is 1. The first-order valence-electron chi connectivity index (χ1n) is 8.33. The molecule has 3 aromatic rings. The number of rotatable bonds is 6. The highest BCUT2D eigenvalue weighted by atomic mass is 19.1. The molecule has 1 aromatic carbocycles. The highest BCUT2D eigenvalue weighted by molar-refractivity contribution is 5.74. The molecule has 0 radical (unpaired) electrons. The zero-order chi connectivity index (χ0) is 18.4. The number of carbonyl (C=O) groups excluding carboxylic acids is 1. The largest absolute Gasteiger partial charge is 0.335 e. The first kappa shape index (κ1) is 17.6. The molecule has 0 aliphatic heterocycles. The second-order valence-corrected chi connectivity index (χ2v) is 6.02. The first-order valence-corrected chi connectivity index (χ1v) is 8.33. The topological polar surface area (TPSA) is 71.8 Å². The van der Waals surface area contributed by atoms with Crippen molar-refractivity contribution in [3.05, 3.63) is 78.3 Å². The van der Waals surface area contributed by atoms with E-state index in [2.05, 4.69) is 20.6 Å². The van der Waals surface area contributed by atoms with E-state index in [0.717, 1.165) is 11.4 Å². The Bertz CT molecular complexity index is 849. The van der Waals surface area contributed by atoms with E-state index < -0.39 is 0 Å². The van der Waals surface area contributed by atoms with Crippen molar-refractivity contribution in [2.45, 2.75) is 25.9 Å². The van der Waals surface area contributed by atoms with Gasteiger partial charge in [0.25, 0.3) is 0 Å². The zero-order valence-electron chi connectivity index (χ0n) is 14.4. The molecule has 0 saturated heterocycles. The monoisotopic (exact) mass is 353 g/mol. The third kappa shape index (κ3) is 4.66. The number of pyridine rings is 1. The Morgan fingerprint density at radius 1 is 1.27 bits per heavy atom. The Balaban J connectivity index is 1.47. The minimum atomic E-state index is -0.299. The van der Waals surface area contributed by atoms with Crippen LogP contribution in [0, 0.1) is 5.82 Å². The van der Waals surface area contributed by atoms with Crippen molar-refractivity contribution < 1.29 is 9.18 Å². The van der Waals surface area contributed by atoms with E-state index in [-0.39, 0.29) is 17.9 Å². The van der Waals surface area contributed by atoms with Crippen LogP contribution >= 0.6 is 0 Å². The van der Waals surface area contributed by atoms with Crippen LogP contribution in [0.3, 0.4) is 0 Å². The molecule has 0 spiro atoms. The van der Waals surface area contributed by atoms with E-state index in [1.807, 2.05) is 25.3 Å². The lowest BCUT2D eigenvalue weighted by Gasteiger charge is -2.15. The maximum Gasteiger partial charge on any atom is 0.315 e. The van der Waals surface area contributed by atoms with Crippen molar-refractivity contribution in [3.63, 3.8) is 0 Å². The van der Waals surface area contributed by atoms with E-state index in [1.54, 1.807) is 41.5 Å². The van der Waals surface area contributed by atoms with Gasteiger partial charge in [-0.25, -0.2) is 19.2 Å². The second kappa shape index (κ2) is 8.24. The Kier molecular flexibility index (Phi) is 5.58. The predicted molar refractivity (Wildman–Crippen MR) is 96.3 cm³/mol. The number of nitrogens with one attached hydrogen (secondary N) is 2. The van der Waals surface area contributed by atoms with Gasteiger partial charge in [-0.15, -0.1) is 0 Å². The van der Waals surface area contributed by atoms with Crippen LogP contribution in [0.25, 0.3) is 5.82 Å². The number of imidazole rings is 1. The lowest BCUT2D eigenvalue weighted by Crippen LogP contribution is -2.41. The normalized spacial score (nSPS) is 11.8. The van der Waals surface area contributed by atoms with Crippen molar-refractivity contribution >= 4 is 6.03 Å². The van der Waals surface area contributed by atoms with Crippen LogP contribution in [-0.2, 0) is 13.0 Å². The third-order valence-corrected chi connectivity index (χ3v) is 3.89. The van der Waals surface area contributed by atoms with Crippen molar-refractivity contribution in [3.8, 4) is 5.82 Å². The van der Waals surface area contributed by atoms with E-state index in [9.17, 15) is 9.18 Å². The van der Waals surface area contributed by atoms with Crippen molar-refractivity contribution in [1.29, 1.82) is 0 Å². The summed E-state index contributed by atoms with van der Waals surface area (Å²) in [5.41, 5.74) is 1.46. The van der Waals surface area contributed by atoms with Crippen LogP contribution in [0.5, 0.6) is 0 Å². The zero-order valence-corrected chi connectivity index (χ0v) is 14.4. The fourth-order valence-corrected chi connectivity index (χ4v) is 2.57. The summed E-state index contributed by atoms with van der Waals surface area (Å²) in [6, 6.07) is 9.84. The molecule has 0 bridgehead atoms. The summed E-state index contributed by atoms with van der Waals surface area (Å²) in [5, 5.41) is 5.59. The molecule has 26 heavy (non-hydrogen) atoms. The van der Waals surface area contributed by atoms with Crippen LogP contribution in [0.1, 0.15) is 18.1 Å². The van der Waals surface area contributed by atoms with Gasteiger partial charge in [0.05, 0.1) is 0 Å². The van der Waals surface area contributed by atoms with Gasteiger partial charge in [0.2, 0.25) is 0 Å². The summed E-state index contributed by atoms with van der Waals surface area (Å²) in [7, 11) is 0. The van der Waals surface area contributed by atoms with Gasteiger partial charge in [-0.05, 0) is 36.6 Å². The maximum atomic E-state index is 13.7. The predicted octanol–water partition coefficient (Wildman–Crippen LogP) is 2.84. The van der Waals surface area contributed by atoms with Crippen LogP contribution in [0.2, 0.25) is 0 Å². The Morgan fingerprint density at radius 2 is 2.12 bits per heavy atom. The minimum Gasteiger partial charge on any atom is -0.335 e. The molecule has 0 aliphatic rings. The van der Waals surface area contributed by atoms with Gasteiger partial charge in [0.1, 0.15) is 18.0 Å². The molecule has 1 unspecified atom stereocenters. The fourth-order valence-electron chi connectivity index (χ4n) is 2.57. The summed E-state index contributed by atoms with van der Waals surface area (Å²) < 4.78 is 15.5. The highest BCUT2D eigenvalue weighted by Crippen LogP contribution is 2.09. The summed E-state index contributed by atoms with van der Waals surface area (Å²) >= 11 is 0. The number of nitrogens with zero attached hydrogens (tertiary/aromatic N) is 3. The summed E-state index contributed by atoms with van der Waals surface area (Å²) in [5.74, 6) is 0.500. The average Bonchev–Trinajstić information content (AvgIpc) is 3.17. The van der Waals surface area contributed by atoms with Gasteiger partial charge >= 0.3 is 6.03 Å². The van der Waals surface area contributed by atoms with Gasteiger partial charge < -0.3 is 10.6 Å². The molecule has 6 nitrogen and oxygen atoms in total. The Labute approximate surface area is 151 Å². The molecule has 2 aromatic heterocycles. The van der Waals surface area contributed by atoms with Crippen LogP contribution < -0.4 is 10.6 Å². The fraction of sp³-hybridized carbons (Fsp3) is 0.211. The lowest BCUT2D eigenvalue weighted by atomic mass is 10.1. The first-order chi connectivity index (χ1) is 12.6. The molecule has 1 atom stereocenters. The van der Waals surface area contributed by atoms with Gasteiger partial charge in [-0.1, -0.05) is 24.3 Å². The molecular weight excluding hydrogens is 333 g/mol. The number of urea groups is 1. The molecule has 2 amide bonds. The van der Waals surface area contributed by atoms with Crippen molar-refractivity contribution in [2.75, 3.05) is 0 Å². The number of hydrogen-bond acceptors (Lipinski definition) is 3. The number of amides is 2. The van der Waals surface area contributed by atoms with Gasteiger partial charge in [0, 0.05) is 31.2 Å². The van der Waals surface area contributed by atoms with E-state index >= 15 is 0 Å². The van der Waals surface area contributed by atoms with Crippen molar-refractivity contribution in [2.24, 2.45) is 0 Å². The quantitative estimate of drug-likeness (QED) is 0.716. The van der Waals surface area contributed by atoms with Crippen LogP contribution in [-0.4, -0.2) is 26.6 Å². The van der Waals surface area contributed by atoms with E-state index in [1.165, 1.54) is 6.07 Å². The van der Waals surface area contributed by atoms with Crippen LogP contribution in [0.15, 0.2) is 61.3 Å². The molecule has 0 fully saturated rings. The van der Waals surface area contributed by atoms with Crippen LogP contribution in [0.4, 0.5) is 9.18 Å². The van der Waals surface area contributed by atoms with Gasteiger partial charge in [-0.3, -0.25) is 4.57 Å². The molecular formula is C19H20FN5O. The lowest BCUT2D eigenvalue weighted by molar-refractivity contribution is 0.237. The highest BCUT2D eigenvalue weighted by Gasteiger charge is 2.10. The van der Waals surface area contributed by atoms with E-state index in [0.29, 0.717) is 18.5 Å². The van der Waals surface area contributed by atoms with Crippen molar-refractivity contribution in [1.82, 2.24) is 25.2 Å². The summed E-state index contributed by atoms with van der Waals surface area (Å²) in [6.45, 7) is 2.20. The van der Waals surface area contributed by atoms with Gasteiger partial charge in [0.15, 0.2) is 0 Å². The second-order valence-electron chi connectivity index (χ2n) is 6.02.